The molecule has 10 heteroatoms. The molecule has 0 unspecified atom stereocenters. The fourth-order valence-corrected chi connectivity index (χ4v) is 4.40. The molecule has 180 valence electrons. The molecule has 0 fully saturated rings. The molecule has 0 aliphatic carbocycles. The molecule has 0 bridgehead atoms. The van der Waals surface area contributed by atoms with Crippen molar-refractivity contribution in [3.05, 3.63) is 84.2 Å². The van der Waals surface area contributed by atoms with E-state index in [-0.39, 0.29) is 42.3 Å². The first-order chi connectivity index (χ1) is 16.9. The summed E-state index contributed by atoms with van der Waals surface area (Å²) in [6.07, 6.45) is 3.42. The summed E-state index contributed by atoms with van der Waals surface area (Å²) in [5, 5.41) is 9.34. The lowest BCUT2D eigenvalue weighted by molar-refractivity contribution is 0.197. The Hall–Kier alpha value is -3.89. The third-order valence-corrected chi connectivity index (χ3v) is 6.31. The molecule has 4 rings (SSSR count). The van der Waals surface area contributed by atoms with Crippen LogP contribution in [0.15, 0.2) is 73.1 Å². The fourth-order valence-electron chi connectivity index (χ4n) is 3.35. The van der Waals surface area contributed by atoms with Crippen molar-refractivity contribution in [1.82, 2.24) is 19.9 Å². The Balaban J connectivity index is 1.79. The number of ether oxygens (including phenoxy) is 1. The van der Waals surface area contributed by atoms with Gasteiger partial charge in [0.05, 0.1) is 17.9 Å². The van der Waals surface area contributed by atoms with Gasteiger partial charge < -0.3 is 9.84 Å². The molecule has 0 aliphatic rings. The van der Waals surface area contributed by atoms with Gasteiger partial charge in [-0.3, -0.25) is 4.72 Å². The van der Waals surface area contributed by atoms with Gasteiger partial charge in [0.1, 0.15) is 6.61 Å². The zero-order valence-electron chi connectivity index (χ0n) is 19.1. The SMILES string of the molecule is Cc1ccc(-c2c(NS(=O)(=O)CCc3ccccc3)nc(-c3ncccn3)nc2OCCO)cc1. The highest BCUT2D eigenvalue weighted by molar-refractivity contribution is 7.92. The van der Waals surface area contributed by atoms with Crippen molar-refractivity contribution in [2.24, 2.45) is 0 Å². The van der Waals surface area contributed by atoms with Crippen LogP contribution >= 0.6 is 0 Å². The molecular formula is C25H25N5O4S. The van der Waals surface area contributed by atoms with Crippen molar-refractivity contribution in [2.45, 2.75) is 13.3 Å². The summed E-state index contributed by atoms with van der Waals surface area (Å²) in [5.74, 6) is 0.323. The van der Waals surface area contributed by atoms with E-state index < -0.39 is 10.0 Å². The smallest absolute Gasteiger partial charge is 0.234 e. The van der Waals surface area contributed by atoms with Crippen LogP contribution in [0, 0.1) is 6.92 Å². The van der Waals surface area contributed by atoms with Gasteiger partial charge in [0.2, 0.25) is 21.7 Å². The average Bonchev–Trinajstić information content (AvgIpc) is 2.88. The number of hydrogen-bond donors (Lipinski definition) is 2. The largest absolute Gasteiger partial charge is 0.475 e. The maximum atomic E-state index is 13.1. The predicted octanol–water partition coefficient (Wildman–Crippen LogP) is 3.26. The third-order valence-electron chi connectivity index (χ3n) is 5.07. The number of aryl methyl sites for hydroxylation is 2. The van der Waals surface area contributed by atoms with E-state index in [1.54, 1.807) is 6.07 Å². The van der Waals surface area contributed by atoms with Crippen molar-refractivity contribution in [1.29, 1.82) is 0 Å². The number of hydrogen-bond acceptors (Lipinski definition) is 8. The molecule has 0 spiro atoms. The Morgan fingerprint density at radius 2 is 1.63 bits per heavy atom. The number of sulfonamides is 1. The average molecular weight is 492 g/mol. The number of nitrogens with zero attached hydrogens (tertiary/aromatic N) is 4. The quantitative estimate of drug-likeness (QED) is 0.346. The van der Waals surface area contributed by atoms with E-state index in [0.717, 1.165) is 11.1 Å². The monoisotopic (exact) mass is 491 g/mol. The maximum absolute atomic E-state index is 13.1. The molecule has 9 nitrogen and oxygen atoms in total. The number of nitrogens with one attached hydrogen (secondary N) is 1. The summed E-state index contributed by atoms with van der Waals surface area (Å²) in [4.78, 5) is 17.3. The third kappa shape index (κ3) is 6.37. The minimum Gasteiger partial charge on any atom is -0.475 e. The Morgan fingerprint density at radius 3 is 2.31 bits per heavy atom. The first kappa shape index (κ1) is 24.2. The summed E-state index contributed by atoms with van der Waals surface area (Å²) in [5.41, 5.74) is 2.96. The highest BCUT2D eigenvalue weighted by Gasteiger charge is 2.23. The maximum Gasteiger partial charge on any atom is 0.234 e. The number of aromatic nitrogens is 4. The van der Waals surface area contributed by atoms with E-state index in [0.29, 0.717) is 17.5 Å². The Bertz CT molecular complexity index is 1370. The molecule has 2 aromatic carbocycles. The van der Waals surface area contributed by atoms with Crippen LogP contribution in [0.25, 0.3) is 22.8 Å². The lowest BCUT2D eigenvalue weighted by Gasteiger charge is -2.17. The van der Waals surface area contributed by atoms with Gasteiger partial charge in [0, 0.05) is 12.4 Å². The van der Waals surface area contributed by atoms with Crippen LogP contribution in [-0.2, 0) is 16.4 Å². The van der Waals surface area contributed by atoms with Crippen LogP contribution in [0.3, 0.4) is 0 Å². The summed E-state index contributed by atoms with van der Waals surface area (Å²) in [7, 11) is -3.79. The number of aliphatic hydroxyl groups is 1. The van der Waals surface area contributed by atoms with Crippen LogP contribution in [0.4, 0.5) is 5.82 Å². The van der Waals surface area contributed by atoms with E-state index >= 15 is 0 Å². The van der Waals surface area contributed by atoms with E-state index in [2.05, 4.69) is 24.7 Å². The standard InChI is InChI=1S/C25H25N5O4S/c1-18-8-10-20(11-9-18)21-22(30-35(32,33)17-12-19-6-3-2-4-7-19)28-24(23-26-13-5-14-27-23)29-25(21)34-16-15-31/h2-11,13-14,31H,12,15-17H2,1H3,(H,28,29,30). The predicted molar refractivity (Wildman–Crippen MR) is 133 cm³/mol. The number of anilines is 1. The first-order valence-corrected chi connectivity index (χ1v) is 12.6. The lowest BCUT2D eigenvalue weighted by Crippen LogP contribution is -2.20. The summed E-state index contributed by atoms with van der Waals surface area (Å²) >= 11 is 0. The minimum absolute atomic E-state index is 0.0365. The van der Waals surface area contributed by atoms with E-state index in [1.165, 1.54) is 12.4 Å². The number of benzene rings is 2. The van der Waals surface area contributed by atoms with Gasteiger partial charge in [-0.25, -0.2) is 23.4 Å². The molecule has 2 aromatic heterocycles. The van der Waals surface area contributed by atoms with Crippen molar-refractivity contribution in [2.75, 3.05) is 23.7 Å². The second-order valence-corrected chi connectivity index (χ2v) is 9.58. The van der Waals surface area contributed by atoms with Crippen LogP contribution < -0.4 is 9.46 Å². The second-order valence-electron chi connectivity index (χ2n) is 7.74. The second kappa shape index (κ2) is 11.0. The molecule has 35 heavy (non-hydrogen) atoms. The van der Waals surface area contributed by atoms with Gasteiger partial charge in [0.15, 0.2) is 11.6 Å². The van der Waals surface area contributed by atoms with Crippen LogP contribution in [0.1, 0.15) is 11.1 Å². The molecule has 0 amide bonds. The molecule has 2 heterocycles. The lowest BCUT2D eigenvalue weighted by atomic mass is 10.1. The van der Waals surface area contributed by atoms with Crippen LogP contribution in [-0.4, -0.2) is 52.4 Å². The van der Waals surface area contributed by atoms with Crippen LogP contribution in [0.2, 0.25) is 0 Å². The van der Waals surface area contributed by atoms with Crippen molar-refractivity contribution >= 4 is 15.8 Å². The normalized spacial score (nSPS) is 11.3. The summed E-state index contributed by atoms with van der Waals surface area (Å²) < 4.78 is 34.5. The van der Waals surface area contributed by atoms with Crippen LogP contribution in [0.5, 0.6) is 5.88 Å². The highest BCUT2D eigenvalue weighted by atomic mass is 32.2. The van der Waals surface area contributed by atoms with E-state index in [9.17, 15) is 13.5 Å². The number of rotatable bonds is 10. The van der Waals surface area contributed by atoms with Gasteiger partial charge in [0.25, 0.3) is 0 Å². The Morgan fingerprint density at radius 1 is 0.914 bits per heavy atom. The Labute approximate surface area is 204 Å². The van der Waals surface area contributed by atoms with E-state index in [4.69, 9.17) is 4.74 Å². The van der Waals surface area contributed by atoms with Gasteiger partial charge in [-0.1, -0.05) is 60.2 Å². The molecular weight excluding hydrogens is 466 g/mol. The van der Waals surface area contributed by atoms with Crippen molar-refractivity contribution in [3.8, 4) is 28.7 Å². The molecule has 2 N–H and O–H groups in total. The highest BCUT2D eigenvalue weighted by Crippen LogP contribution is 2.36. The summed E-state index contributed by atoms with van der Waals surface area (Å²) in [6.45, 7) is 1.67. The Kier molecular flexibility index (Phi) is 7.64. The van der Waals surface area contributed by atoms with Gasteiger partial charge in [-0.15, -0.1) is 0 Å². The fraction of sp³-hybridized carbons (Fsp3) is 0.200. The molecule has 0 radical (unpaired) electrons. The van der Waals surface area contributed by atoms with Gasteiger partial charge in [-0.05, 0) is 30.5 Å². The molecule has 0 saturated heterocycles. The van der Waals surface area contributed by atoms with Crippen molar-refractivity contribution in [3.63, 3.8) is 0 Å². The minimum atomic E-state index is -3.79. The number of aliphatic hydroxyl groups excluding tert-OH is 1. The zero-order chi connectivity index (χ0) is 24.7. The topological polar surface area (TPSA) is 127 Å². The molecule has 0 atom stereocenters. The van der Waals surface area contributed by atoms with Gasteiger partial charge in [-0.2, -0.15) is 4.98 Å². The molecule has 0 aliphatic heterocycles. The first-order valence-electron chi connectivity index (χ1n) is 11.0. The zero-order valence-corrected chi connectivity index (χ0v) is 19.9. The molecule has 0 saturated carbocycles. The summed E-state index contributed by atoms with van der Waals surface area (Å²) in [6, 6.07) is 18.5. The van der Waals surface area contributed by atoms with E-state index in [1.807, 2.05) is 61.5 Å². The molecule has 4 aromatic rings. The van der Waals surface area contributed by atoms with Gasteiger partial charge >= 0.3 is 0 Å². The van der Waals surface area contributed by atoms with Crippen molar-refractivity contribution < 1.29 is 18.3 Å².